The van der Waals surface area contributed by atoms with E-state index in [9.17, 15) is 4.79 Å². The maximum Gasteiger partial charge on any atom is 0.238 e. The van der Waals surface area contributed by atoms with Crippen molar-refractivity contribution in [1.29, 1.82) is 0 Å². The summed E-state index contributed by atoms with van der Waals surface area (Å²) >= 11 is 19.7. The summed E-state index contributed by atoms with van der Waals surface area (Å²) in [4.78, 5) is 21.2. The Labute approximate surface area is 197 Å². The molecule has 2 aromatic carbocycles. The van der Waals surface area contributed by atoms with Crippen LogP contribution in [0.4, 0.5) is 5.69 Å². The third kappa shape index (κ3) is 5.35. The van der Waals surface area contributed by atoms with Crippen molar-refractivity contribution in [3.8, 4) is 22.2 Å². The Hall–Kier alpha value is -2.64. The number of hydrogen-bond acceptors (Lipinski definition) is 5. The molecule has 0 atom stereocenters. The fraction of sp³-hybridized carbons (Fsp3) is 0.0455. The zero-order chi connectivity index (χ0) is 21.8. The summed E-state index contributed by atoms with van der Waals surface area (Å²) < 4.78 is 5.78. The van der Waals surface area contributed by atoms with E-state index in [1.165, 1.54) is 23.6 Å². The minimum atomic E-state index is -0.234. The van der Waals surface area contributed by atoms with Gasteiger partial charge < -0.3 is 10.1 Å². The Morgan fingerprint density at radius 1 is 1.03 bits per heavy atom. The summed E-state index contributed by atoms with van der Waals surface area (Å²) in [7, 11) is 0. The molecule has 0 aliphatic carbocycles. The van der Waals surface area contributed by atoms with Crippen molar-refractivity contribution in [3.63, 3.8) is 0 Å². The fourth-order valence-corrected chi connectivity index (χ4v) is 4.30. The highest BCUT2D eigenvalue weighted by Gasteiger charge is 2.14. The van der Waals surface area contributed by atoms with Gasteiger partial charge in [-0.15, -0.1) is 11.3 Å². The number of para-hydroxylation sites is 2. The lowest BCUT2D eigenvalue weighted by atomic mass is 10.2. The van der Waals surface area contributed by atoms with Crippen molar-refractivity contribution in [3.05, 3.63) is 86.9 Å². The number of rotatable bonds is 6. The van der Waals surface area contributed by atoms with Gasteiger partial charge in [0.15, 0.2) is 5.75 Å². The van der Waals surface area contributed by atoms with Gasteiger partial charge in [0.2, 0.25) is 11.8 Å². The minimum Gasteiger partial charge on any atom is -0.435 e. The SMILES string of the molecule is O=C(Cc1csc(-c2ccccc2Cl)n1)Nc1ccccc1Oc1ncc(Cl)cc1Cl. The number of hydrogen-bond donors (Lipinski definition) is 1. The number of carbonyl (C=O) groups is 1. The van der Waals surface area contributed by atoms with Gasteiger partial charge in [-0.1, -0.05) is 65.1 Å². The maximum absolute atomic E-state index is 12.6. The highest BCUT2D eigenvalue weighted by molar-refractivity contribution is 7.13. The van der Waals surface area contributed by atoms with E-state index < -0.39 is 0 Å². The van der Waals surface area contributed by atoms with Crippen LogP contribution in [0.2, 0.25) is 15.1 Å². The molecule has 4 aromatic rings. The molecule has 1 amide bonds. The van der Waals surface area contributed by atoms with Gasteiger partial charge in [0, 0.05) is 17.1 Å². The summed E-state index contributed by atoms with van der Waals surface area (Å²) in [5, 5.41) is 6.74. The third-order valence-corrected chi connectivity index (χ3v) is 5.87. The second-order valence-electron chi connectivity index (χ2n) is 6.39. The second kappa shape index (κ2) is 9.66. The number of ether oxygens (including phenoxy) is 1. The van der Waals surface area contributed by atoms with E-state index in [1.54, 1.807) is 24.3 Å². The van der Waals surface area contributed by atoms with Crippen LogP contribution in [-0.4, -0.2) is 15.9 Å². The fourth-order valence-electron chi connectivity index (χ4n) is 2.75. The van der Waals surface area contributed by atoms with Crippen molar-refractivity contribution >= 4 is 57.7 Å². The summed E-state index contributed by atoms with van der Waals surface area (Å²) in [5.41, 5.74) is 1.98. The molecule has 156 valence electrons. The van der Waals surface area contributed by atoms with Crippen LogP contribution in [0.1, 0.15) is 5.69 Å². The second-order valence-corrected chi connectivity index (χ2v) is 8.50. The van der Waals surface area contributed by atoms with Crippen LogP contribution in [0.25, 0.3) is 10.6 Å². The van der Waals surface area contributed by atoms with E-state index in [0.717, 1.165) is 10.6 Å². The van der Waals surface area contributed by atoms with E-state index in [0.29, 0.717) is 27.2 Å². The number of halogens is 3. The molecular weight excluding hydrogens is 477 g/mol. The number of nitrogens with one attached hydrogen (secondary N) is 1. The summed E-state index contributed by atoms with van der Waals surface area (Å²) in [6.07, 6.45) is 1.54. The van der Waals surface area contributed by atoms with Crippen LogP contribution in [0, 0.1) is 0 Å². The van der Waals surface area contributed by atoms with Crippen LogP contribution in [0.3, 0.4) is 0 Å². The van der Waals surface area contributed by atoms with Crippen LogP contribution < -0.4 is 10.1 Å². The molecule has 1 N–H and O–H groups in total. The smallest absolute Gasteiger partial charge is 0.238 e. The number of amides is 1. The van der Waals surface area contributed by atoms with E-state index in [2.05, 4.69) is 15.3 Å². The first-order valence-corrected chi connectivity index (χ1v) is 11.1. The van der Waals surface area contributed by atoms with Crippen LogP contribution >= 0.6 is 46.1 Å². The van der Waals surface area contributed by atoms with E-state index in [-0.39, 0.29) is 23.2 Å². The number of pyridine rings is 1. The van der Waals surface area contributed by atoms with Crippen molar-refractivity contribution < 1.29 is 9.53 Å². The first kappa shape index (κ1) is 21.6. The summed E-state index contributed by atoms with van der Waals surface area (Å²) in [6.45, 7) is 0. The molecule has 0 saturated heterocycles. The normalized spacial score (nSPS) is 10.7. The lowest BCUT2D eigenvalue weighted by Crippen LogP contribution is -2.15. The third-order valence-electron chi connectivity index (χ3n) is 4.14. The molecular formula is C22H14Cl3N3O2S. The lowest BCUT2D eigenvalue weighted by Gasteiger charge is -2.12. The predicted octanol–water partition coefficient (Wildman–Crippen LogP) is 7.14. The highest BCUT2D eigenvalue weighted by atomic mass is 35.5. The van der Waals surface area contributed by atoms with Gasteiger partial charge in [-0.05, 0) is 24.3 Å². The number of thiazole rings is 1. The van der Waals surface area contributed by atoms with Gasteiger partial charge in [-0.2, -0.15) is 0 Å². The predicted molar refractivity (Wildman–Crippen MR) is 126 cm³/mol. The molecule has 2 aromatic heterocycles. The van der Waals surface area contributed by atoms with E-state index >= 15 is 0 Å². The maximum atomic E-state index is 12.6. The van der Waals surface area contributed by atoms with Gasteiger partial charge in [-0.25, -0.2) is 9.97 Å². The number of aromatic nitrogens is 2. The van der Waals surface area contributed by atoms with E-state index in [1.807, 2.05) is 29.6 Å². The van der Waals surface area contributed by atoms with Crippen LogP contribution in [0.5, 0.6) is 11.6 Å². The molecule has 5 nitrogen and oxygen atoms in total. The first-order chi connectivity index (χ1) is 15.0. The highest BCUT2D eigenvalue weighted by Crippen LogP contribution is 2.34. The number of benzene rings is 2. The first-order valence-electron chi connectivity index (χ1n) is 9.06. The summed E-state index contributed by atoms with van der Waals surface area (Å²) in [6, 6.07) is 16.0. The average molecular weight is 491 g/mol. The molecule has 0 radical (unpaired) electrons. The average Bonchev–Trinajstić information content (AvgIpc) is 3.19. The van der Waals surface area contributed by atoms with Gasteiger partial charge in [0.1, 0.15) is 10.0 Å². The van der Waals surface area contributed by atoms with Crippen molar-refractivity contribution in [2.75, 3.05) is 5.32 Å². The number of carbonyl (C=O) groups excluding carboxylic acids is 1. The quantitative estimate of drug-likeness (QED) is 0.312. The Morgan fingerprint density at radius 2 is 1.81 bits per heavy atom. The Balaban J connectivity index is 1.47. The number of nitrogens with zero attached hydrogens (tertiary/aromatic N) is 2. The molecule has 0 fully saturated rings. The van der Waals surface area contributed by atoms with Gasteiger partial charge >= 0.3 is 0 Å². The molecule has 0 saturated carbocycles. The standard InChI is InChI=1S/C22H14Cl3N3O2S/c23-13-9-17(25)21(26-11-13)30-19-8-4-3-7-18(19)28-20(29)10-14-12-31-22(27-14)15-5-1-2-6-16(15)24/h1-9,11-12H,10H2,(H,28,29). The zero-order valence-electron chi connectivity index (χ0n) is 15.8. The molecule has 0 aliphatic rings. The van der Waals surface area contributed by atoms with Gasteiger partial charge in [-0.3, -0.25) is 4.79 Å². The number of anilines is 1. The van der Waals surface area contributed by atoms with Crippen LogP contribution in [0.15, 0.2) is 66.2 Å². The molecule has 0 bridgehead atoms. The molecule has 0 aliphatic heterocycles. The molecule has 0 spiro atoms. The monoisotopic (exact) mass is 489 g/mol. The van der Waals surface area contributed by atoms with Crippen molar-refractivity contribution in [2.45, 2.75) is 6.42 Å². The summed E-state index contributed by atoms with van der Waals surface area (Å²) in [5.74, 6) is 0.362. The molecule has 9 heteroatoms. The topological polar surface area (TPSA) is 64.1 Å². The Kier molecular flexibility index (Phi) is 6.73. The molecule has 4 rings (SSSR count). The molecule has 2 heterocycles. The Morgan fingerprint density at radius 3 is 2.61 bits per heavy atom. The molecule has 0 unspecified atom stereocenters. The Bertz CT molecular complexity index is 1250. The van der Waals surface area contributed by atoms with Crippen LogP contribution in [-0.2, 0) is 11.2 Å². The largest absolute Gasteiger partial charge is 0.435 e. The lowest BCUT2D eigenvalue weighted by molar-refractivity contribution is -0.115. The van der Waals surface area contributed by atoms with Crippen molar-refractivity contribution in [1.82, 2.24) is 9.97 Å². The van der Waals surface area contributed by atoms with Gasteiger partial charge in [0.25, 0.3) is 0 Å². The van der Waals surface area contributed by atoms with Crippen molar-refractivity contribution in [2.24, 2.45) is 0 Å². The molecule has 31 heavy (non-hydrogen) atoms. The zero-order valence-corrected chi connectivity index (χ0v) is 18.9. The minimum absolute atomic E-state index is 0.106. The van der Waals surface area contributed by atoms with Gasteiger partial charge in [0.05, 0.1) is 27.8 Å². The van der Waals surface area contributed by atoms with E-state index in [4.69, 9.17) is 39.5 Å².